The van der Waals surface area contributed by atoms with Crippen LogP contribution in [0.2, 0.25) is 5.02 Å². The van der Waals surface area contributed by atoms with Crippen molar-refractivity contribution in [1.82, 2.24) is 20.3 Å². The van der Waals surface area contributed by atoms with Crippen molar-refractivity contribution in [3.05, 3.63) is 40.7 Å². The predicted molar refractivity (Wildman–Crippen MR) is 68.5 cm³/mol. The average Bonchev–Trinajstić information content (AvgIpc) is 2.85. The van der Waals surface area contributed by atoms with Gasteiger partial charge in [0.25, 0.3) is 0 Å². The molecule has 0 saturated heterocycles. The molecule has 2 rings (SSSR count). The number of benzene rings is 1. The van der Waals surface area contributed by atoms with Crippen LogP contribution in [0.1, 0.15) is 18.2 Å². The Morgan fingerprint density at radius 1 is 1.50 bits per heavy atom. The van der Waals surface area contributed by atoms with Crippen molar-refractivity contribution in [3.8, 4) is 11.8 Å². The molecule has 1 heterocycles. The van der Waals surface area contributed by atoms with Gasteiger partial charge in [0.05, 0.1) is 34.2 Å². The Balaban J connectivity index is 2.42. The van der Waals surface area contributed by atoms with Crippen LogP contribution in [0.5, 0.6) is 0 Å². The van der Waals surface area contributed by atoms with Crippen LogP contribution in [-0.4, -0.2) is 21.5 Å². The smallest absolute Gasteiger partial charge is 0.0992 e. The second-order valence-corrected chi connectivity index (χ2v) is 4.10. The average molecular weight is 262 g/mol. The normalized spacial score (nSPS) is 10.3. The highest BCUT2D eigenvalue weighted by Gasteiger charge is 2.10. The molecule has 0 aliphatic heterocycles. The van der Waals surface area contributed by atoms with Crippen LogP contribution in [0.3, 0.4) is 0 Å². The van der Waals surface area contributed by atoms with Crippen molar-refractivity contribution in [1.29, 1.82) is 5.26 Å². The number of rotatable bonds is 4. The van der Waals surface area contributed by atoms with Gasteiger partial charge in [-0.1, -0.05) is 23.7 Å². The van der Waals surface area contributed by atoms with Gasteiger partial charge >= 0.3 is 0 Å². The van der Waals surface area contributed by atoms with E-state index in [9.17, 15) is 0 Å². The van der Waals surface area contributed by atoms with E-state index in [1.165, 1.54) is 0 Å². The number of halogens is 1. The molecule has 0 aliphatic carbocycles. The van der Waals surface area contributed by atoms with Crippen molar-refractivity contribution in [2.75, 3.05) is 6.54 Å². The fourth-order valence-corrected chi connectivity index (χ4v) is 1.77. The molecule has 1 aromatic carbocycles. The lowest BCUT2D eigenvalue weighted by Crippen LogP contribution is -2.15. The maximum Gasteiger partial charge on any atom is 0.0992 e. The van der Waals surface area contributed by atoms with E-state index < -0.39 is 0 Å². The topological polar surface area (TPSA) is 66.5 Å². The van der Waals surface area contributed by atoms with Crippen molar-refractivity contribution in [2.45, 2.75) is 13.5 Å². The Morgan fingerprint density at radius 3 is 3.06 bits per heavy atom. The minimum Gasteiger partial charge on any atom is -0.311 e. The summed E-state index contributed by atoms with van der Waals surface area (Å²) in [6, 6.07) is 7.15. The molecule has 0 radical (unpaired) electrons. The van der Waals surface area contributed by atoms with Crippen LogP contribution in [0.15, 0.2) is 24.4 Å². The summed E-state index contributed by atoms with van der Waals surface area (Å²) in [7, 11) is 0. The van der Waals surface area contributed by atoms with E-state index in [1.807, 2.05) is 6.92 Å². The van der Waals surface area contributed by atoms with Gasteiger partial charge in [0.2, 0.25) is 0 Å². The number of nitriles is 1. The number of nitrogens with one attached hydrogen (secondary N) is 1. The number of nitrogens with zero attached hydrogens (tertiary/aromatic N) is 4. The fraction of sp³-hybridized carbons (Fsp3) is 0.250. The molecule has 0 aliphatic rings. The molecule has 0 unspecified atom stereocenters. The molecule has 92 valence electrons. The summed E-state index contributed by atoms with van der Waals surface area (Å²) in [5.74, 6) is 0. The van der Waals surface area contributed by atoms with Gasteiger partial charge in [0.1, 0.15) is 0 Å². The molecule has 5 nitrogen and oxygen atoms in total. The van der Waals surface area contributed by atoms with Gasteiger partial charge in [-0.15, -0.1) is 5.10 Å². The Labute approximate surface area is 110 Å². The Kier molecular flexibility index (Phi) is 3.92. The zero-order valence-corrected chi connectivity index (χ0v) is 10.6. The highest BCUT2D eigenvalue weighted by atomic mass is 35.5. The van der Waals surface area contributed by atoms with Crippen LogP contribution in [-0.2, 0) is 6.54 Å². The number of hydrogen-bond acceptors (Lipinski definition) is 4. The number of aromatic nitrogens is 3. The summed E-state index contributed by atoms with van der Waals surface area (Å²) in [5, 5.41) is 20.5. The first-order chi connectivity index (χ1) is 8.76. The molecule has 0 atom stereocenters. The summed E-state index contributed by atoms with van der Waals surface area (Å²) in [4.78, 5) is 0. The molecule has 2 aromatic rings. The highest BCUT2D eigenvalue weighted by molar-refractivity contribution is 6.32. The third-order valence-electron chi connectivity index (χ3n) is 2.48. The molecular formula is C12H12ClN5. The quantitative estimate of drug-likeness (QED) is 0.913. The Morgan fingerprint density at radius 2 is 2.33 bits per heavy atom. The van der Waals surface area contributed by atoms with Gasteiger partial charge < -0.3 is 5.32 Å². The zero-order chi connectivity index (χ0) is 13.0. The van der Waals surface area contributed by atoms with E-state index in [1.54, 1.807) is 29.1 Å². The van der Waals surface area contributed by atoms with E-state index in [4.69, 9.17) is 16.9 Å². The van der Waals surface area contributed by atoms with Gasteiger partial charge in [-0.05, 0) is 24.7 Å². The molecule has 6 heteroatoms. The highest BCUT2D eigenvalue weighted by Crippen LogP contribution is 2.22. The van der Waals surface area contributed by atoms with Gasteiger partial charge in [0, 0.05) is 6.54 Å². The molecule has 0 saturated carbocycles. The first-order valence-electron chi connectivity index (χ1n) is 5.56. The standard InChI is InChI=1S/C12H12ClN5/c1-2-15-7-10-8-16-17-18(10)12-5-9(6-14)3-4-11(12)13/h3-5,8,15H,2,7H2,1H3. The van der Waals surface area contributed by atoms with E-state index >= 15 is 0 Å². The van der Waals surface area contributed by atoms with Crippen molar-refractivity contribution < 1.29 is 0 Å². The maximum absolute atomic E-state index is 8.91. The molecule has 18 heavy (non-hydrogen) atoms. The van der Waals surface area contributed by atoms with E-state index in [2.05, 4.69) is 21.7 Å². The first-order valence-corrected chi connectivity index (χ1v) is 5.94. The molecule has 0 fully saturated rings. The second-order valence-electron chi connectivity index (χ2n) is 3.70. The predicted octanol–water partition coefficient (Wildman–Crippen LogP) is 1.90. The summed E-state index contributed by atoms with van der Waals surface area (Å²) in [6.07, 6.45) is 1.68. The summed E-state index contributed by atoms with van der Waals surface area (Å²) < 4.78 is 1.64. The van der Waals surface area contributed by atoms with Crippen LogP contribution >= 0.6 is 11.6 Å². The van der Waals surface area contributed by atoms with Gasteiger partial charge in [-0.3, -0.25) is 0 Å². The van der Waals surface area contributed by atoms with Crippen molar-refractivity contribution >= 4 is 11.6 Å². The molecular weight excluding hydrogens is 250 g/mol. The first kappa shape index (κ1) is 12.6. The minimum atomic E-state index is 0.539. The summed E-state index contributed by atoms with van der Waals surface area (Å²) >= 11 is 6.13. The van der Waals surface area contributed by atoms with E-state index in [0.29, 0.717) is 22.8 Å². The lowest BCUT2D eigenvalue weighted by molar-refractivity contribution is 0.672. The second kappa shape index (κ2) is 5.63. The third kappa shape index (κ3) is 2.50. The van der Waals surface area contributed by atoms with E-state index in [-0.39, 0.29) is 0 Å². The fourth-order valence-electron chi connectivity index (χ4n) is 1.58. The molecule has 1 aromatic heterocycles. The Bertz CT molecular complexity index is 584. The molecule has 0 bridgehead atoms. The summed E-state index contributed by atoms with van der Waals surface area (Å²) in [6.45, 7) is 3.53. The lowest BCUT2D eigenvalue weighted by Gasteiger charge is -2.08. The largest absolute Gasteiger partial charge is 0.311 e. The van der Waals surface area contributed by atoms with Crippen LogP contribution < -0.4 is 5.32 Å². The zero-order valence-electron chi connectivity index (χ0n) is 9.89. The molecule has 1 N–H and O–H groups in total. The summed E-state index contributed by atoms with van der Waals surface area (Å²) in [5.41, 5.74) is 2.11. The minimum absolute atomic E-state index is 0.539. The van der Waals surface area contributed by atoms with Crippen molar-refractivity contribution in [3.63, 3.8) is 0 Å². The third-order valence-corrected chi connectivity index (χ3v) is 2.80. The van der Waals surface area contributed by atoms with Crippen LogP contribution in [0.25, 0.3) is 5.69 Å². The number of hydrogen-bond donors (Lipinski definition) is 1. The molecule has 0 spiro atoms. The lowest BCUT2D eigenvalue weighted by atomic mass is 10.2. The SMILES string of the molecule is CCNCc1cnnn1-c1cc(C#N)ccc1Cl. The van der Waals surface area contributed by atoms with Gasteiger partial charge in [-0.25, -0.2) is 4.68 Å². The van der Waals surface area contributed by atoms with E-state index in [0.717, 1.165) is 12.2 Å². The molecule has 0 amide bonds. The van der Waals surface area contributed by atoms with Gasteiger partial charge in [0.15, 0.2) is 0 Å². The van der Waals surface area contributed by atoms with Crippen molar-refractivity contribution in [2.24, 2.45) is 0 Å². The van der Waals surface area contributed by atoms with Crippen LogP contribution in [0.4, 0.5) is 0 Å². The van der Waals surface area contributed by atoms with Gasteiger partial charge in [-0.2, -0.15) is 5.26 Å². The Hall–Kier alpha value is -1.90. The monoisotopic (exact) mass is 261 g/mol. The maximum atomic E-state index is 8.91. The van der Waals surface area contributed by atoms with Crippen LogP contribution in [0, 0.1) is 11.3 Å².